The van der Waals surface area contributed by atoms with Gasteiger partial charge in [0.25, 0.3) is 0 Å². The van der Waals surface area contributed by atoms with Crippen molar-refractivity contribution in [3.63, 3.8) is 0 Å². The van der Waals surface area contributed by atoms with Crippen molar-refractivity contribution in [3.05, 3.63) is 77.9 Å². The van der Waals surface area contributed by atoms with Gasteiger partial charge in [-0.2, -0.15) is 4.72 Å². The van der Waals surface area contributed by atoms with E-state index in [1.54, 1.807) is 24.3 Å². The summed E-state index contributed by atoms with van der Waals surface area (Å²) in [5.74, 6) is -0.621. The number of carbonyl (C=O) groups excluding carboxylic acids is 1. The number of nitrogens with two attached hydrogens (primary N) is 1. The van der Waals surface area contributed by atoms with Crippen LogP contribution in [-0.2, 0) is 14.8 Å². The number of sulfonamides is 1. The molecule has 130 valence electrons. The maximum atomic E-state index is 12.7. The first kappa shape index (κ1) is 16.4. The maximum absolute atomic E-state index is 12.7. The summed E-state index contributed by atoms with van der Waals surface area (Å²) in [6.45, 7) is 0. The fourth-order valence-corrected chi connectivity index (χ4v) is 4.22. The molecule has 0 aromatic heterocycles. The van der Waals surface area contributed by atoms with Gasteiger partial charge in [-0.15, -0.1) is 0 Å². The number of rotatable bonds is 4. The van der Waals surface area contributed by atoms with E-state index >= 15 is 0 Å². The molecule has 3 N–H and O–H groups in total. The predicted octanol–water partition coefficient (Wildman–Crippen LogP) is 1.93. The van der Waals surface area contributed by atoms with E-state index in [4.69, 9.17) is 5.73 Å². The number of benzene rings is 2. The molecule has 4 rings (SSSR count). The Balaban J connectivity index is 1.77. The van der Waals surface area contributed by atoms with E-state index in [1.165, 1.54) is 18.2 Å². The zero-order chi connectivity index (χ0) is 18.3. The van der Waals surface area contributed by atoms with Crippen molar-refractivity contribution in [1.29, 1.82) is 0 Å². The van der Waals surface area contributed by atoms with Gasteiger partial charge in [-0.3, -0.25) is 9.79 Å². The quantitative estimate of drug-likeness (QED) is 0.865. The molecule has 1 aliphatic heterocycles. The Bertz CT molecular complexity index is 1100. The average molecular weight is 365 g/mol. The Morgan fingerprint density at radius 3 is 2.46 bits per heavy atom. The van der Waals surface area contributed by atoms with Crippen LogP contribution in [0.3, 0.4) is 0 Å². The third-order valence-corrected chi connectivity index (χ3v) is 5.73. The second kappa shape index (κ2) is 6.05. The number of aliphatic imine (C=N–C) groups is 1. The number of nitrogens with one attached hydrogen (secondary N) is 1. The fourth-order valence-electron chi connectivity index (χ4n) is 3.06. The maximum Gasteiger partial charge on any atom is 0.248 e. The summed E-state index contributed by atoms with van der Waals surface area (Å²) in [4.78, 5) is 16.4. The number of nitrogens with zero attached hydrogens (tertiary/aromatic N) is 1. The summed E-state index contributed by atoms with van der Waals surface area (Å²) >= 11 is 0. The summed E-state index contributed by atoms with van der Waals surface area (Å²) in [6, 6.07) is 14.7. The predicted molar refractivity (Wildman–Crippen MR) is 99.3 cm³/mol. The number of amides is 1. The average Bonchev–Trinajstić information content (AvgIpc) is 3.01. The van der Waals surface area contributed by atoms with Crippen LogP contribution in [-0.4, -0.2) is 26.1 Å². The van der Waals surface area contributed by atoms with Crippen molar-refractivity contribution in [1.82, 2.24) is 4.72 Å². The number of para-hydroxylation sites is 1. The minimum Gasteiger partial charge on any atom is -0.366 e. The molecular formula is C19H15N3O3S. The van der Waals surface area contributed by atoms with Gasteiger partial charge in [0.2, 0.25) is 15.9 Å². The molecular weight excluding hydrogens is 350 g/mol. The lowest BCUT2D eigenvalue weighted by atomic mass is 9.90. The molecule has 1 unspecified atom stereocenters. The molecule has 0 saturated carbocycles. The summed E-state index contributed by atoms with van der Waals surface area (Å²) in [7, 11) is -3.79. The molecule has 1 amide bonds. The van der Waals surface area contributed by atoms with Crippen LogP contribution in [0.15, 0.2) is 82.2 Å². The fraction of sp³-hybridized carbons (Fsp3) is 0.0526. The van der Waals surface area contributed by atoms with Gasteiger partial charge in [0.15, 0.2) is 0 Å². The standard InChI is InChI=1S/C19H15N3O3S/c20-19(23)12-10-15-14-8-4-5-9-16(14)21-18(15)17(11-12)22-26(24,25)13-6-2-1-3-7-13/h1-11,17,22H,(H2,20,23). The van der Waals surface area contributed by atoms with Gasteiger partial charge in [-0.05, 0) is 30.4 Å². The number of hydrogen-bond donors (Lipinski definition) is 2. The zero-order valence-electron chi connectivity index (χ0n) is 13.6. The zero-order valence-corrected chi connectivity index (χ0v) is 14.4. The van der Waals surface area contributed by atoms with Crippen molar-refractivity contribution in [2.75, 3.05) is 0 Å². The van der Waals surface area contributed by atoms with Crippen LogP contribution >= 0.6 is 0 Å². The molecule has 0 radical (unpaired) electrons. The molecule has 7 heteroatoms. The lowest BCUT2D eigenvalue weighted by Crippen LogP contribution is -2.41. The number of hydrogen-bond acceptors (Lipinski definition) is 4. The Labute approximate surface area is 150 Å². The van der Waals surface area contributed by atoms with Crippen LogP contribution < -0.4 is 10.5 Å². The highest BCUT2D eigenvalue weighted by Crippen LogP contribution is 2.38. The largest absolute Gasteiger partial charge is 0.366 e. The van der Waals surface area contributed by atoms with E-state index in [0.29, 0.717) is 11.3 Å². The van der Waals surface area contributed by atoms with Crippen molar-refractivity contribution in [2.24, 2.45) is 10.7 Å². The van der Waals surface area contributed by atoms with E-state index in [1.807, 2.05) is 24.3 Å². The van der Waals surface area contributed by atoms with Crippen molar-refractivity contribution >= 4 is 32.9 Å². The monoisotopic (exact) mass is 365 g/mol. The van der Waals surface area contributed by atoms with Crippen molar-refractivity contribution < 1.29 is 13.2 Å². The number of fused-ring (bicyclic) bond motifs is 3. The highest BCUT2D eigenvalue weighted by atomic mass is 32.2. The molecule has 0 saturated heterocycles. The van der Waals surface area contributed by atoms with Gasteiger partial charge in [-0.25, -0.2) is 8.42 Å². The minimum absolute atomic E-state index is 0.140. The normalized spacial score (nSPS) is 18.3. The smallest absolute Gasteiger partial charge is 0.248 e. The Hall–Kier alpha value is -3.03. The molecule has 0 bridgehead atoms. The second-order valence-corrected chi connectivity index (χ2v) is 7.68. The molecule has 1 heterocycles. The van der Waals surface area contributed by atoms with Gasteiger partial charge in [0.05, 0.1) is 22.3 Å². The van der Waals surface area contributed by atoms with E-state index in [0.717, 1.165) is 11.3 Å². The highest BCUT2D eigenvalue weighted by molar-refractivity contribution is 7.89. The molecule has 1 atom stereocenters. The number of carbonyl (C=O) groups is 1. The summed E-state index contributed by atoms with van der Waals surface area (Å²) in [5.41, 5.74) is 8.52. The van der Waals surface area contributed by atoms with Crippen LogP contribution in [0.1, 0.15) is 5.56 Å². The lowest BCUT2D eigenvalue weighted by Gasteiger charge is -2.21. The molecule has 26 heavy (non-hydrogen) atoms. The van der Waals surface area contributed by atoms with Crippen LogP contribution in [0.5, 0.6) is 0 Å². The first-order valence-corrected chi connectivity index (χ1v) is 9.43. The molecule has 2 aromatic rings. The highest BCUT2D eigenvalue weighted by Gasteiger charge is 2.33. The lowest BCUT2D eigenvalue weighted by molar-refractivity contribution is -0.114. The SMILES string of the molecule is NC(=O)C1=CC(NS(=O)(=O)c2ccccc2)C2=Nc3ccccc3C2=C1. The number of primary amides is 1. The summed E-state index contributed by atoms with van der Waals surface area (Å²) in [5, 5.41) is 0. The van der Waals surface area contributed by atoms with Crippen LogP contribution in [0.2, 0.25) is 0 Å². The van der Waals surface area contributed by atoms with Crippen LogP contribution in [0, 0.1) is 0 Å². The van der Waals surface area contributed by atoms with E-state index in [-0.39, 0.29) is 10.5 Å². The van der Waals surface area contributed by atoms with E-state index in [2.05, 4.69) is 9.71 Å². The van der Waals surface area contributed by atoms with Gasteiger partial charge >= 0.3 is 0 Å². The van der Waals surface area contributed by atoms with E-state index in [9.17, 15) is 13.2 Å². The molecule has 0 fully saturated rings. The summed E-state index contributed by atoms with van der Waals surface area (Å²) < 4.78 is 28.0. The van der Waals surface area contributed by atoms with E-state index < -0.39 is 22.0 Å². The van der Waals surface area contributed by atoms with Gasteiger partial charge in [0, 0.05) is 16.7 Å². The molecule has 1 aliphatic carbocycles. The van der Waals surface area contributed by atoms with Gasteiger partial charge in [-0.1, -0.05) is 36.4 Å². The van der Waals surface area contributed by atoms with Crippen LogP contribution in [0.25, 0.3) is 5.57 Å². The topological polar surface area (TPSA) is 102 Å². The molecule has 6 nitrogen and oxygen atoms in total. The molecule has 2 aromatic carbocycles. The Kier molecular flexibility index (Phi) is 3.82. The second-order valence-electron chi connectivity index (χ2n) is 5.97. The van der Waals surface area contributed by atoms with Crippen molar-refractivity contribution in [3.8, 4) is 0 Å². The first-order chi connectivity index (χ1) is 12.5. The van der Waals surface area contributed by atoms with Gasteiger partial charge in [0.1, 0.15) is 0 Å². The molecule has 2 aliphatic rings. The summed E-state index contributed by atoms with van der Waals surface area (Å²) in [6.07, 6.45) is 3.15. The van der Waals surface area contributed by atoms with Gasteiger partial charge < -0.3 is 5.73 Å². The minimum atomic E-state index is -3.79. The Morgan fingerprint density at radius 1 is 1.04 bits per heavy atom. The third-order valence-electron chi connectivity index (χ3n) is 4.27. The first-order valence-electron chi connectivity index (χ1n) is 7.95. The molecule has 0 spiro atoms. The third kappa shape index (κ3) is 2.77. The Morgan fingerprint density at radius 2 is 1.73 bits per heavy atom. The van der Waals surface area contributed by atoms with Crippen molar-refractivity contribution in [2.45, 2.75) is 10.9 Å². The van der Waals surface area contributed by atoms with Crippen LogP contribution in [0.4, 0.5) is 5.69 Å².